The Balaban J connectivity index is 1.40. The van der Waals surface area contributed by atoms with Gasteiger partial charge in [0.15, 0.2) is 0 Å². The fourth-order valence-electron chi connectivity index (χ4n) is 4.01. The summed E-state index contributed by atoms with van der Waals surface area (Å²) in [5, 5.41) is 0. The van der Waals surface area contributed by atoms with E-state index < -0.39 is 0 Å². The van der Waals surface area contributed by atoms with Crippen molar-refractivity contribution in [1.29, 1.82) is 0 Å². The molecule has 150 valence electrons. The maximum atomic E-state index is 12.9. The van der Waals surface area contributed by atoms with Crippen LogP contribution in [0.25, 0.3) is 0 Å². The highest BCUT2D eigenvalue weighted by Gasteiger charge is 2.24. The van der Waals surface area contributed by atoms with Crippen LogP contribution in [-0.2, 0) is 17.8 Å². The van der Waals surface area contributed by atoms with Gasteiger partial charge in [0.05, 0.1) is 0 Å². The van der Waals surface area contributed by atoms with Gasteiger partial charge in [0.2, 0.25) is 5.91 Å². The van der Waals surface area contributed by atoms with Crippen LogP contribution >= 0.6 is 0 Å². The molecule has 0 radical (unpaired) electrons. The van der Waals surface area contributed by atoms with Crippen LogP contribution in [0.15, 0.2) is 48.5 Å². The Morgan fingerprint density at radius 1 is 0.655 bits per heavy atom. The van der Waals surface area contributed by atoms with Gasteiger partial charge in [-0.2, -0.15) is 0 Å². The summed E-state index contributed by atoms with van der Waals surface area (Å²) >= 11 is 0. The Morgan fingerprint density at radius 3 is 1.76 bits per heavy atom. The molecule has 2 aliphatic heterocycles. The van der Waals surface area contributed by atoms with Crippen molar-refractivity contribution in [3.63, 3.8) is 0 Å². The van der Waals surface area contributed by atoms with Crippen LogP contribution in [0.2, 0.25) is 0 Å². The summed E-state index contributed by atoms with van der Waals surface area (Å²) in [6.45, 7) is 5.07. The van der Waals surface area contributed by atoms with Crippen LogP contribution < -0.4 is 0 Å². The number of hydrogen-bond acceptors (Lipinski definition) is 3. The minimum absolute atomic E-state index is 0.00595. The van der Waals surface area contributed by atoms with Crippen LogP contribution in [-0.4, -0.2) is 65.1 Å². The number of rotatable bonds is 2. The SMILES string of the molecule is CC(=O)N1CCN(C(=O)c2ccc(C(=O)N3CCc4ccccc4C3)cc2)CC1. The van der Waals surface area contributed by atoms with E-state index in [1.165, 1.54) is 11.1 Å². The van der Waals surface area contributed by atoms with E-state index in [0.717, 1.165) is 6.42 Å². The molecule has 0 spiro atoms. The Kier molecular flexibility index (Phi) is 5.34. The van der Waals surface area contributed by atoms with E-state index >= 15 is 0 Å². The highest BCUT2D eigenvalue weighted by atomic mass is 16.2. The first-order valence-corrected chi connectivity index (χ1v) is 10.0. The topological polar surface area (TPSA) is 60.9 Å². The summed E-state index contributed by atoms with van der Waals surface area (Å²) in [5.74, 6) is -0.0204. The average Bonchev–Trinajstić information content (AvgIpc) is 2.78. The lowest BCUT2D eigenvalue weighted by molar-refractivity contribution is -0.130. The van der Waals surface area contributed by atoms with Gasteiger partial charge in [-0.15, -0.1) is 0 Å². The third-order valence-electron chi connectivity index (χ3n) is 5.81. The fourth-order valence-corrected chi connectivity index (χ4v) is 4.01. The summed E-state index contributed by atoms with van der Waals surface area (Å²) in [4.78, 5) is 42.4. The predicted octanol–water partition coefficient (Wildman–Crippen LogP) is 2.19. The van der Waals surface area contributed by atoms with Crippen molar-refractivity contribution in [3.05, 3.63) is 70.8 Å². The van der Waals surface area contributed by atoms with Gasteiger partial charge < -0.3 is 14.7 Å². The number of piperazine rings is 1. The second kappa shape index (κ2) is 8.07. The number of fused-ring (bicyclic) bond motifs is 1. The molecule has 2 aromatic rings. The molecule has 6 heteroatoms. The molecule has 29 heavy (non-hydrogen) atoms. The summed E-state index contributed by atoms with van der Waals surface area (Å²) in [6, 6.07) is 15.2. The second-order valence-corrected chi connectivity index (χ2v) is 7.62. The fraction of sp³-hybridized carbons (Fsp3) is 0.348. The van der Waals surface area contributed by atoms with E-state index in [1.54, 1.807) is 41.0 Å². The lowest BCUT2D eigenvalue weighted by Gasteiger charge is -2.34. The van der Waals surface area contributed by atoms with Crippen molar-refractivity contribution in [2.75, 3.05) is 32.7 Å². The number of nitrogens with zero attached hydrogens (tertiary/aromatic N) is 3. The van der Waals surface area contributed by atoms with Crippen LogP contribution in [0.1, 0.15) is 38.8 Å². The number of amides is 3. The third-order valence-corrected chi connectivity index (χ3v) is 5.81. The molecule has 0 saturated carbocycles. The Labute approximate surface area is 170 Å². The Hall–Kier alpha value is -3.15. The minimum atomic E-state index is -0.0564. The number of carbonyl (C=O) groups is 3. The molecule has 0 N–H and O–H groups in total. The van der Waals surface area contributed by atoms with Crippen molar-refractivity contribution < 1.29 is 14.4 Å². The molecule has 0 aromatic heterocycles. The normalized spacial score (nSPS) is 16.4. The van der Waals surface area contributed by atoms with Crippen molar-refractivity contribution in [3.8, 4) is 0 Å². The van der Waals surface area contributed by atoms with E-state index in [9.17, 15) is 14.4 Å². The molecule has 3 amide bonds. The van der Waals surface area contributed by atoms with Gasteiger partial charge in [0, 0.05) is 57.3 Å². The molecule has 1 saturated heterocycles. The van der Waals surface area contributed by atoms with Gasteiger partial charge in [-0.1, -0.05) is 24.3 Å². The van der Waals surface area contributed by atoms with Crippen LogP contribution in [0.4, 0.5) is 0 Å². The van der Waals surface area contributed by atoms with Crippen molar-refractivity contribution >= 4 is 17.7 Å². The molecule has 2 heterocycles. The van der Waals surface area contributed by atoms with Gasteiger partial charge in [-0.3, -0.25) is 14.4 Å². The highest BCUT2D eigenvalue weighted by molar-refractivity contribution is 5.98. The largest absolute Gasteiger partial charge is 0.339 e. The monoisotopic (exact) mass is 391 g/mol. The first-order valence-electron chi connectivity index (χ1n) is 10.0. The van der Waals surface area contributed by atoms with Gasteiger partial charge in [-0.25, -0.2) is 0 Å². The molecular formula is C23H25N3O3. The van der Waals surface area contributed by atoms with E-state index in [4.69, 9.17) is 0 Å². The maximum Gasteiger partial charge on any atom is 0.254 e. The van der Waals surface area contributed by atoms with Crippen LogP contribution in [0.3, 0.4) is 0 Å². The standard InChI is InChI=1S/C23H25N3O3/c1-17(27)24-12-14-25(15-13-24)22(28)19-6-8-20(9-7-19)23(29)26-11-10-18-4-2-3-5-21(18)16-26/h2-9H,10-16H2,1H3. The quantitative estimate of drug-likeness (QED) is 0.789. The zero-order valence-electron chi connectivity index (χ0n) is 16.6. The molecule has 0 aliphatic carbocycles. The lowest BCUT2D eigenvalue weighted by atomic mass is 9.99. The number of benzene rings is 2. The molecule has 2 aliphatic rings. The van der Waals surface area contributed by atoms with Crippen molar-refractivity contribution in [2.45, 2.75) is 19.9 Å². The summed E-state index contributed by atoms with van der Waals surface area (Å²) in [7, 11) is 0. The Bertz CT molecular complexity index is 931. The van der Waals surface area contributed by atoms with E-state index in [-0.39, 0.29) is 17.7 Å². The molecule has 0 atom stereocenters. The van der Waals surface area contributed by atoms with Crippen molar-refractivity contribution in [2.24, 2.45) is 0 Å². The lowest BCUT2D eigenvalue weighted by Crippen LogP contribution is -2.50. The average molecular weight is 391 g/mol. The molecule has 2 aromatic carbocycles. The van der Waals surface area contributed by atoms with E-state index in [0.29, 0.717) is 50.4 Å². The highest BCUT2D eigenvalue weighted by Crippen LogP contribution is 2.20. The molecule has 6 nitrogen and oxygen atoms in total. The third kappa shape index (κ3) is 4.01. The second-order valence-electron chi connectivity index (χ2n) is 7.62. The summed E-state index contributed by atoms with van der Waals surface area (Å²) < 4.78 is 0. The zero-order chi connectivity index (χ0) is 20.4. The smallest absolute Gasteiger partial charge is 0.254 e. The van der Waals surface area contributed by atoms with Crippen LogP contribution in [0, 0.1) is 0 Å². The first kappa shape index (κ1) is 19.2. The molecule has 1 fully saturated rings. The molecular weight excluding hydrogens is 366 g/mol. The Morgan fingerprint density at radius 2 is 1.17 bits per heavy atom. The first-order chi connectivity index (χ1) is 14.0. The van der Waals surface area contributed by atoms with Crippen LogP contribution in [0.5, 0.6) is 0 Å². The van der Waals surface area contributed by atoms with Gasteiger partial charge in [-0.05, 0) is 41.8 Å². The maximum absolute atomic E-state index is 12.9. The van der Waals surface area contributed by atoms with Crippen molar-refractivity contribution in [1.82, 2.24) is 14.7 Å². The number of carbonyl (C=O) groups excluding carboxylic acids is 3. The molecule has 4 rings (SSSR count). The number of hydrogen-bond donors (Lipinski definition) is 0. The van der Waals surface area contributed by atoms with Gasteiger partial charge >= 0.3 is 0 Å². The molecule has 0 bridgehead atoms. The minimum Gasteiger partial charge on any atom is -0.339 e. The summed E-state index contributed by atoms with van der Waals surface area (Å²) in [6.07, 6.45) is 0.866. The molecule has 0 unspecified atom stereocenters. The zero-order valence-corrected chi connectivity index (χ0v) is 16.6. The predicted molar refractivity (Wildman–Crippen MR) is 109 cm³/mol. The van der Waals surface area contributed by atoms with Gasteiger partial charge in [0.25, 0.3) is 11.8 Å². The van der Waals surface area contributed by atoms with Gasteiger partial charge in [0.1, 0.15) is 0 Å². The summed E-state index contributed by atoms with van der Waals surface area (Å²) in [5.41, 5.74) is 3.68. The van der Waals surface area contributed by atoms with E-state index in [2.05, 4.69) is 12.1 Å². The van der Waals surface area contributed by atoms with E-state index in [1.807, 2.05) is 17.0 Å².